The van der Waals surface area contributed by atoms with E-state index in [1.165, 1.54) is 0 Å². The highest BCUT2D eigenvalue weighted by Gasteiger charge is 2.17. The number of benzene rings is 2. The van der Waals surface area contributed by atoms with Gasteiger partial charge in [-0.25, -0.2) is 9.97 Å². The summed E-state index contributed by atoms with van der Waals surface area (Å²) >= 11 is 0. The predicted octanol–water partition coefficient (Wildman–Crippen LogP) is 13.1. The molecule has 0 aliphatic rings. The molecule has 10 rings (SSSR count). The predicted molar refractivity (Wildman–Crippen MR) is 257 cm³/mol. The first kappa shape index (κ1) is 39.8. The van der Waals surface area contributed by atoms with Gasteiger partial charge in [0.05, 0.1) is 56.9 Å². The fourth-order valence-electron chi connectivity index (χ4n) is 8.24. The third-order valence-electron chi connectivity index (χ3n) is 11.5. The average Bonchev–Trinajstić information content (AvgIpc) is 3.36. The number of rotatable bonds is 9. The molecule has 306 valence electrons. The Bertz CT molecular complexity index is 2930. The van der Waals surface area contributed by atoms with Crippen molar-refractivity contribution in [2.75, 3.05) is 0 Å². The van der Waals surface area contributed by atoms with Gasteiger partial charge < -0.3 is 0 Å². The molecule has 0 saturated carbocycles. The van der Waals surface area contributed by atoms with E-state index in [9.17, 15) is 0 Å². The number of pyridine rings is 8. The van der Waals surface area contributed by atoms with Crippen LogP contribution < -0.4 is 0 Å². The van der Waals surface area contributed by atoms with Gasteiger partial charge in [-0.1, -0.05) is 60.7 Å². The molecule has 0 unspecified atom stereocenters. The molecule has 0 saturated heterocycles. The van der Waals surface area contributed by atoms with Crippen LogP contribution >= 0.6 is 0 Å². The molecule has 0 spiro atoms. The summed E-state index contributed by atoms with van der Waals surface area (Å²) in [6, 6.07) is 49.4. The maximum atomic E-state index is 4.97. The quantitative estimate of drug-likeness (QED) is 0.142. The minimum atomic E-state index is 0.803. The van der Waals surface area contributed by atoms with Crippen LogP contribution in [0, 0.1) is 27.7 Å². The standard InChI is InChI=1S/C56H42N8/c1-35-27-45(41-29-53(47-13-5-9-21-57-47)63-54(30-41)48-14-6-10-22-58-48)37(3)25-43(35)39-17-19-51(61-33-39)52-20-18-40(34-62-52)44-26-38(4)46(28-36(44)2)42-31-55(49-15-7-11-23-59-49)64-56(32-42)50-16-8-12-24-60-50/h5-34H,1-4H3. The molecule has 0 bridgehead atoms. The van der Waals surface area contributed by atoms with E-state index >= 15 is 0 Å². The zero-order chi connectivity index (χ0) is 43.6. The van der Waals surface area contributed by atoms with Crippen LogP contribution in [-0.4, -0.2) is 39.9 Å². The minimum Gasteiger partial charge on any atom is -0.255 e. The van der Waals surface area contributed by atoms with Crippen molar-refractivity contribution in [1.29, 1.82) is 0 Å². The maximum absolute atomic E-state index is 4.97. The van der Waals surface area contributed by atoms with E-state index in [1.807, 2.05) is 85.2 Å². The van der Waals surface area contributed by atoms with Crippen LogP contribution in [0.1, 0.15) is 22.3 Å². The number of aryl methyl sites for hydroxylation is 4. The molecule has 0 fully saturated rings. The van der Waals surface area contributed by atoms with Crippen LogP contribution in [0.5, 0.6) is 0 Å². The van der Waals surface area contributed by atoms with Gasteiger partial charge in [0.15, 0.2) is 0 Å². The normalized spacial score (nSPS) is 11.1. The highest BCUT2D eigenvalue weighted by Crippen LogP contribution is 2.37. The lowest BCUT2D eigenvalue weighted by Gasteiger charge is -2.15. The smallest absolute Gasteiger partial charge is 0.0900 e. The molecule has 64 heavy (non-hydrogen) atoms. The third kappa shape index (κ3) is 8.08. The van der Waals surface area contributed by atoms with E-state index in [-0.39, 0.29) is 0 Å². The van der Waals surface area contributed by atoms with Crippen LogP contribution in [0.4, 0.5) is 0 Å². The van der Waals surface area contributed by atoms with E-state index in [1.54, 1.807) is 24.8 Å². The summed E-state index contributed by atoms with van der Waals surface area (Å²) in [6.07, 6.45) is 11.1. The van der Waals surface area contributed by atoms with Crippen molar-refractivity contribution in [3.05, 3.63) is 205 Å². The average molecular weight is 827 g/mol. The van der Waals surface area contributed by atoms with Gasteiger partial charge in [-0.05, 0) is 168 Å². The molecule has 0 aliphatic carbocycles. The van der Waals surface area contributed by atoms with E-state index < -0.39 is 0 Å². The number of hydrogen-bond acceptors (Lipinski definition) is 8. The van der Waals surface area contributed by atoms with Crippen molar-refractivity contribution < 1.29 is 0 Å². The molecule has 8 aromatic heterocycles. The van der Waals surface area contributed by atoms with Gasteiger partial charge in [0.1, 0.15) is 0 Å². The topological polar surface area (TPSA) is 103 Å². The molecule has 0 amide bonds. The van der Waals surface area contributed by atoms with Crippen molar-refractivity contribution in [3.8, 4) is 101 Å². The zero-order valence-electron chi connectivity index (χ0n) is 35.9. The highest BCUT2D eigenvalue weighted by molar-refractivity contribution is 5.82. The Morgan fingerprint density at radius 3 is 0.781 bits per heavy atom. The van der Waals surface area contributed by atoms with Crippen LogP contribution in [0.25, 0.3) is 101 Å². The lowest BCUT2D eigenvalue weighted by Crippen LogP contribution is -1.96. The fourth-order valence-corrected chi connectivity index (χ4v) is 8.24. The fraction of sp³-hybridized carbons (Fsp3) is 0.0714. The molecule has 0 atom stereocenters. The number of hydrogen-bond donors (Lipinski definition) is 0. The van der Waals surface area contributed by atoms with Crippen LogP contribution in [-0.2, 0) is 0 Å². The lowest BCUT2D eigenvalue weighted by molar-refractivity contribution is 1.22. The van der Waals surface area contributed by atoms with Crippen LogP contribution in [0.15, 0.2) is 183 Å². The van der Waals surface area contributed by atoms with E-state index in [4.69, 9.17) is 19.9 Å². The summed E-state index contributed by atoms with van der Waals surface area (Å²) in [6.45, 7) is 8.61. The second kappa shape index (κ2) is 17.2. The van der Waals surface area contributed by atoms with Crippen LogP contribution in [0.3, 0.4) is 0 Å². The summed E-state index contributed by atoms with van der Waals surface area (Å²) in [4.78, 5) is 38.1. The Kier molecular flexibility index (Phi) is 10.7. The van der Waals surface area contributed by atoms with Gasteiger partial charge in [0.25, 0.3) is 0 Å². The van der Waals surface area contributed by atoms with Crippen molar-refractivity contribution in [2.24, 2.45) is 0 Å². The van der Waals surface area contributed by atoms with Gasteiger partial charge in [-0.3, -0.25) is 29.9 Å². The van der Waals surface area contributed by atoms with E-state index in [0.29, 0.717) is 0 Å². The first-order valence-electron chi connectivity index (χ1n) is 21.2. The van der Waals surface area contributed by atoms with E-state index in [0.717, 1.165) is 124 Å². The van der Waals surface area contributed by atoms with E-state index in [2.05, 4.69) is 120 Å². The second-order valence-electron chi connectivity index (χ2n) is 15.9. The minimum absolute atomic E-state index is 0.803. The number of nitrogens with zero attached hydrogens (tertiary/aromatic N) is 8. The third-order valence-corrected chi connectivity index (χ3v) is 11.5. The Labute approximate surface area is 372 Å². The SMILES string of the molecule is Cc1cc(-c2cc(-c3ccccn3)nc(-c3ccccn3)c2)c(C)cc1-c1ccc(-c2ccc(-c3cc(C)c(-c4cc(-c5ccccn5)nc(-c5ccccn5)c4)cc3C)cn2)nc1. The Balaban J connectivity index is 0.911. The molecule has 0 N–H and O–H groups in total. The summed E-state index contributed by atoms with van der Waals surface area (Å²) in [5.41, 5.74) is 21.5. The molecule has 8 heterocycles. The van der Waals surface area contributed by atoms with Gasteiger partial charge >= 0.3 is 0 Å². The van der Waals surface area contributed by atoms with Gasteiger partial charge in [-0.2, -0.15) is 0 Å². The largest absolute Gasteiger partial charge is 0.255 e. The summed E-state index contributed by atoms with van der Waals surface area (Å²) < 4.78 is 0. The number of aromatic nitrogens is 8. The Morgan fingerprint density at radius 2 is 0.531 bits per heavy atom. The van der Waals surface area contributed by atoms with Gasteiger partial charge in [0.2, 0.25) is 0 Å². The molecule has 0 aliphatic heterocycles. The Morgan fingerprint density at radius 1 is 0.250 bits per heavy atom. The first-order chi connectivity index (χ1) is 31.3. The molecule has 8 nitrogen and oxygen atoms in total. The second-order valence-corrected chi connectivity index (χ2v) is 15.9. The first-order valence-corrected chi connectivity index (χ1v) is 21.2. The lowest BCUT2D eigenvalue weighted by atomic mass is 9.91. The van der Waals surface area contributed by atoms with Gasteiger partial charge in [-0.15, -0.1) is 0 Å². The summed E-state index contributed by atoms with van der Waals surface area (Å²) in [7, 11) is 0. The Hall–Kier alpha value is -8.36. The molecule has 10 aromatic rings. The summed E-state index contributed by atoms with van der Waals surface area (Å²) in [5.74, 6) is 0. The zero-order valence-corrected chi connectivity index (χ0v) is 35.9. The summed E-state index contributed by atoms with van der Waals surface area (Å²) in [5, 5.41) is 0. The van der Waals surface area contributed by atoms with Crippen molar-refractivity contribution >= 4 is 0 Å². The molecule has 2 aromatic carbocycles. The van der Waals surface area contributed by atoms with Crippen molar-refractivity contribution in [2.45, 2.75) is 27.7 Å². The monoisotopic (exact) mass is 826 g/mol. The molecular weight excluding hydrogens is 785 g/mol. The highest BCUT2D eigenvalue weighted by atomic mass is 14.8. The molecule has 0 radical (unpaired) electrons. The van der Waals surface area contributed by atoms with Crippen molar-refractivity contribution in [1.82, 2.24) is 39.9 Å². The molecular formula is C56H42N8. The maximum Gasteiger partial charge on any atom is 0.0900 e. The van der Waals surface area contributed by atoms with Crippen LogP contribution in [0.2, 0.25) is 0 Å². The molecule has 8 heteroatoms. The van der Waals surface area contributed by atoms with Crippen molar-refractivity contribution in [3.63, 3.8) is 0 Å². The van der Waals surface area contributed by atoms with Gasteiger partial charge in [0, 0.05) is 48.3 Å².